The van der Waals surface area contributed by atoms with Crippen molar-refractivity contribution in [2.75, 3.05) is 11.4 Å². The molecule has 1 saturated carbocycles. The van der Waals surface area contributed by atoms with Gasteiger partial charge >= 0.3 is 6.03 Å². The Balaban J connectivity index is 1.83. The van der Waals surface area contributed by atoms with E-state index < -0.39 is 0 Å². The van der Waals surface area contributed by atoms with Gasteiger partial charge in [-0.1, -0.05) is 22.0 Å². The van der Waals surface area contributed by atoms with Crippen LogP contribution in [0.1, 0.15) is 19.3 Å². The molecule has 0 unspecified atom stereocenters. The summed E-state index contributed by atoms with van der Waals surface area (Å²) >= 11 is 3.43. The summed E-state index contributed by atoms with van der Waals surface area (Å²) in [5.74, 6) is 0. The minimum Gasteiger partial charge on any atom is -0.332 e. The van der Waals surface area contributed by atoms with Crippen LogP contribution >= 0.6 is 15.9 Å². The predicted molar refractivity (Wildman–Crippen MR) is 66.6 cm³/mol. The molecular formula is C12H13BrN2O. The molecule has 0 bridgehead atoms. The summed E-state index contributed by atoms with van der Waals surface area (Å²) in [4.78, 5) is 13.8. The summed E-state index contributed by atoms with van der Waals surface area (Å²) < 4.78 is 1.00. The van der Waals surface area contributed by atoms with Crippen LogP contribution in [0, 0.1) is 0 Å². The second-order valence-corrected chi connectivity index (χ2v) is 5.51. The van der Waals surface area contributed by atoms with E-state index in [0.717, 1.165) is 36.0 Å². The Kier molecular flexibility index (Phi) is 2.21. The van der Waals surface area contributed by atoms with Gasteiger partial charge in [0.2, 0.25) is 0 Å². The van der Waals surface area contributed by atoms with Crippen LogP contribution in [0.2, 0.25) is 0 Å². The molecule has 4 heteroatoms. The molecule has 2 amide bonds. The molecule has 1 spiro atoms. The second-order valence-electron chi connectivity index (χ2n) is 4.59. The summed E-state index contributed by atoms with van der Waals surface area (Å²) in [6.45, 7) is 0.822. The lowest BCUT2D eigenvalue weighted by Crippen LogP contribution is -2.53. The Labute approximate surface area is 103 Å². The van der Waals surface area contributed by atoms with Gasteiger partial charge in [-0.25, -0.2) is 4.79 Å². The van der Waals surface area contributed by atoms with Crippen molar-refractivity contribution in [2.45, 2.75) is 24.8 Å². The highest BCUT2D eigenvalue weighted by atomic mass is 79.9. The molecule has 1 aliphatic carbocycles. The third-order valence-electron chi connectivity index (χ3n) is 3.40. The fourth-order valence-electron chi connectivity index (χ4n) is 2.20. The molecule has 1 heterocycles. The summed E-state index contributed by atoms with van der Waals surface area (Å²) in [6, 6.07) is 7.91. The van der Waals surface area contributed by atoms with Crippen molar-refractivity contribution in [1.29, 1.82) is 0 Å². The molecule has 3 nitrogen and oxygen atoms in total. The molecule has 0 aromatic heterocycles. The number of benzene rings is 1. The molecule has 3 rings (SSSR count). The summed E-state index contributed by atoms with van der Waals surface area (Å²) in [7, 11) is 0. The van der Waals surface area contributed by atoms with Crippen LogP contribution < -0.4 is 10.2 Å². The van der Waals surface area contributed by atoms with Crippen LogP contribution in [-0.4, -0.2) is 18.1 Å². The van der Waals surface area contributed by atoms with Gasteiger partial charge in [0.15, 0.2) is 0 Å². The Morgan fingerprint density at radius 3 is 2.75 bits per heavy atom. The van der Waals surface area contributed by atoms with Crippen molar-refractivity contribution < 1.29 is 4.79 Å². The summed E-state index contributed by atoms with van der Waals surface area (Å²) in [5.41, 5.74) is 1.11. The molecule has 0 radical (unpaired) electrons. The van der Waals surface area contributed by atoms with E-state index in [4.69, 9.17) is 0 Å². The maximum atomic E-state index is 12.0. The van der Waals surface area contributed by atoms with Crippen molar-refractivity contribution in [3.63, 3.8) is 0 Å². The average molecular weight is 281 g/mol. The van der Waals surface area contributed by atoms with Crippen molar-refractivity contribution in [3.05, 3.63) is 28.7 Å². The highest BCUT2D eigenvalue weighted by molar-refractivity contribution is 9.10. The first-order valence-electron chi connectivity index (χ1n) is 5.54. The number of nitrogens with one attached hydrogen (secondary N) is 1. The Morgan fingerprint density at radius 2 is 2.12 bits per heavy atom. The predicted octanol–water partition coefficient (Wildman–Crippen LogP) is 2.90. The number of amides is 2. The van der Waals surface area contributed by atoms with E-state index in [1.54, 1.807) is 0 Å². The minimum atomic E-state index is 0.0434. The first-order chi connectivity index (χ1) is 7.69. The van der Waals surface area contributed by atoms with Gasteiger partial charge in [-0.15, -0.1) is 0 Å². The van der Waals surface area contributed by atoms with Gasteiger partial charge in [-0.3, -0.25) is 4.90 Å². The number of urea groups is 1. The quantitative estimate of drug-likeness (QED) is 0.843. The molecular weight excluding hydrogens is 268 g/mol. The monoisotopic (exact) mass is 280 g/mol. The lowest BCUT2D eigenvalue weighted by atomic mass is 10.1. The Morgan fingerprint density at radius 1 is 1.31 bits per heavy atom. The Hall–Kier alpha value is -1.03. The standard InChI is InChI=1S/C12H13BrN2O/c13-9-2-1-3-10(8-9)15-7-6-12(4-5-12)14-11(15)16/h1-3,8H,4-7H2,(H,14,16). The van der Waals surface area contributed by atoms with Crippen molar-refractivity contribution >= 4 is 27.6 Å². The lowest BCUT2D eigenvalue weighted by molar-refractivity contribution is 0.234. The van der Waals surface area contributed by atoms with E-state index in [0.29, 0.717) is 0 Å². The zero-order valence-corrected chi connectivity index (χ0v) is 10.5. The molecule has 1 aromatic carbocycles. The molecule has 0 atom stereocenters. The molecule has 1 N–H and O–H groups in total. The number of halogens is 1. The third kappa shape index (κ3) is 1.71. The molecule has 1 saturated heterocycles. The average Bonchev–Trinajstić information content (AvgIpc) is 2.98. The van der Waals surface area contributed by atoms with Gasteiger partial charge in [0.05, 0.1) is 0 Å². The first-order valence-corrected chi connectivity index (χ1v) is 6.33. The topological polar surface area (TPSA) is 32.3 Å². The van der Waals surface area contributed by atoms with Gasteiger partial charge in [0, 0.05) is 22.2 Å². The van der Waals surface area contributed by atoms with E-state index in [9.17, 15) is 4.79 Å². The number of hydrogen-bond acceptors (Lipinski definition) is 1. The van der Waals surface area contributed by atoms with Crippen LogP contribution in [0.4, 0.5) is 10.5 Å². The van der Waals surface area contributed by atoms with Gasteiger partial charge < -0.3 is 5.32 Å². The number of hydrogen-bond donors (Lipinski definition) is 1. The number of anilines is 1. The minimum absolute atomic E-state index is 0.0434. The molecule has 2 aliphatic rings. The van der Waals surface area contributed by atoms with Crippen LogP contribution in [0.5, 0.6) is 0 Å². The summed E-state index contributed by atoms with van der Waals surface area (Å²) in [5, 5.41) is 3.11. The maximum absolute atomic E-state index is 12.0. The fourth-order valence-corrected chi connectivity index (χ4v) is 2.59. The normalized spacial score (nSPS) is 22.1. The van der Waals surface area contributed by atoms with Crippen molar-refractivity contribution in [1.82, 2.24) is 5.32 Å². The number of nitrogens with zero attached hydrogens (tertiary/aromatic N) is 1. The highest BCUT2D eigenvalue weighted by Gasteiger charge is 2.47. The largest absolute Gasteiger partial charge is 0.332 e. The zero-order chi connectivity index (χ0) is 11.2. The molecule has 1 aromatic rings. The number of carbonyl (C=O) groups is 1. The molecule has 16 heavy (non-hydrogen) atoms. The summed E-state index contributed by atoms with van der Waals surface area (Å²) in [6.07, 6.45) is 3.35. The number of carbonyl (C=O) groups excluding carboxylic acids is 1. The first kappa shape index (κ1) is 10.1. The fraction of sp³-hybridized carbons (Fsp3) is 0.417. The van der Waals surface area contributed by atoms with Crippen LogP contribution in [0.3, 0.4) is 0 Å². The SMILES string of the molecule is O=C1NC2(CCN1c1cccc(Br)c1)CC2. The third-order valence-corrected chi connectivity index (χ3v) is 3.90. The van der Waals surface area contributed by atoms with Gasteiger partial charge in [-0.05, 0) is 37.5 Å². The van der Waals surface area contributed by atoms with E-state index in [1.165, 1.54) is 0 Å². The van der Waals surface area contributed by atoms with Gasteiger partial charge in [-0.2, -0.15) is 0 Å². The van der Waals surface area contributed by atoms with E-state index in [1.807, 2.05) is 29.2 Å². The molecule has 84 valence electrons. The second kappa shape index (κ2) is 3.48. The highest BCUT2D eigenvalue weighted by Crippen LogP contribution is 2.41. The van der Waals surface area contributed by atoms with Crippen LogP contribution in [-0.2, 0) is 0 Å². The van der Waals surface area contributed by atoms with Gasteiger partial charge in [0.1, 0.15) is 0 Å². The van der Waals surface area contributed by atoms with Crippen LogP contribution in [0.25, 0.3) is 0 Å². The van der Waals surface area contributed by atoms with E-state index in [2.05, 4.69) is 21.2 Å². The van der Waals surface area contributed by atoms with E-state index >= 15 is 0 Å². The Bertz CT molecular complexity index is 442. The van der Waals surface area contributed by atoms with Crippen molar-refractivity contribution in [3.8, 4) is 0 Å². The van der Waals surface area contributed by atoms with Crippen LogP contribution in [0.15, 0.2) is 28.7 Å². The van der Waals surface area contributed by atoms with Crippen molar-refractivity contribution in [2.24, 2.45) is 0 Å². The van der Waals surface area contributed by atoms with E-state index in [-0.39, 0.29) is 11.6 Å². The smallest absolute Gasteiger partial charge is 0.322 e. The maximum Gasteiger partial charge on any atom is 0.322 e. The lowest BCUT2D eigenvalue weighted by Gasteiger charge is -2.33. The zero-order valence-electron chi connectivity index (χ0n) is 8.87. The molecule has 1 aliphatic heterocycles. The molecule has 2 fully saturated rings. The number of rotatable bonds is 1. The van der Waals surface area contributed by atoms with Gasteiger partial charge in [0.25, 0.3) is 0 Å².